The summed E-state index contributed by atoms with van der Waals surface area (Å²) in [5.41, 5.74) is 15.8. The summed E-state index contributed by atoms with van der Waals surface area (Å²) < 4.78 is 0. The number of benzene rings is 1. The van der Waals surface area contributed by atoms with Gasteiger partial charge >= 0.3 is 0 Å². The molecule has 88 valence electrons. The molecule has 0 heterocycles. The molecular formula is C14H17N3. The van der Waals surface area contributed by atoms with Crippen molar-refractivity contribution in [3.8, 4) is 0 Å². The van der Waals surface area contributed by atoms with Gasteiger partial charge < -0.3 is 16.9 Å². The van der Waals surface area contributed by atoms with Gasteiger partial charge in [-0.3, -0.25) is 0 Å². The molecule has 1 unspecified atom stereocenters. The first kappa shape index (κ1) is 11.6. The second-order valence-electron chi connectivity index (χ2n) is 4.34. The molecule has 5 N–H and O–H groups in total. The summed E-state index contributed by atoms with van der Waals surface area (Å²) >= 11 is 0. The van der Waals surface area contributed by atoms with Crippen molar-refractivity contribution < 1.29 is 0 Å². The molecule has 1 aromatic carbocycles. The zero-order valence-corrected chi connectivity index (χ0v) is 9.69. The zero-order chi connectivity index (χ0) is 12.3. The predicted molar refractivity (Wildman–Crippen MR) is 71.9 cm³/mol. The minimum atomic E-state index is 0.269. The van der Waals surface area contributed by atoms with E-state index in [1.165, 1.54) is 23.5 Å². The highest BCUT2D eigenvalue weighted by Crippen LogP contribution is 2.23. The molecule has 0 fully saturated rings. The summed E-state index contributed by atoms with van der Waals surface area (Å²) in [4.78, 5) is 0. The zero-order valence-electron chi connectivity index (χ0n) is 9.69. The van der Waals surface area contributed by atoms with Crippen LogP contribution in [0.25, 0.3) is 6.08 Å². The maximum absolute atomic E-state index is 7.13. The summed E-state index contributed by atoms with van der Waals surface area (Å²) in [6.07, 6.45) is 8.40. The van der Waals surface area contributed by atoms with Crippen molar-refractivity contribution >= 4 is 12.3 Å². The van der Waals surface area contributed by atoms with Crippen LogP contribution in [0.2, 0.25) is 0 Å². The second-order valence-corrected chi connectivity index (χ2v) is 4.34. The van der Waals surface area contributed by atoms with E-state index in [0.717, 1.165) is 18.4 Å². The highest BCUT2D eigenvalue weighted by molar-refractivity contribution is 5.81. The van der Waals surface area contributed by atoms with Gasteiger partial charge in [-0.25, -0.2) is 0 Å². The van der Waals surface area contributed by atoms with Crippen LogP contribution in [0.1, 0.15) is 16.7 Å². The number of fused-ring (bicyclic) bond motifs is 1. The topological polar surface area (TPSA) is 75.9 Å². The van der Waals surface area contributed by atoms with E-state index in [1.54, 1.807) is 0 Å². The molecule has 1 aliphatic carbocycles. The number of nitrogens with one attached hydrogen (secondary N) is 1. The fraction of sp³-hybridized carbons (Fsp3) is 0.214. The van der Waals surface area contributed by atoms with E-state index in [0.29, 0.717) is 5.57 Å². The molecule has 0 aromatic heterocycles. The summed E-state index contributed by atoms with van der Waals surface area (Å²) in [7, 11) is 0. The van der Waals surface area contributed by atoms with E-state index < -0.39 is 0 Å². The molecule has 0 spiro atoms. The Morgan fingerprint density at radius 3 is 2.76 bits per heavy atom. The van der Waals surface area contributed by atoms with Crippen LogP contribution in [0, 0.1) is 5.41 Å². The third kappa shape index (κ3) is 2.63. The van der Waals surface area contributed by atoms with E-state index in [2.05, 4.69) is 18.2 Å². The molecule has 2 rings (SSSR count). The molecule has 0 saturated heterocycles. The Morgan fingerprint density at radius 2 is 2.06 bits per heavy atom. The van der Waals surface area contributed by atoms with Crippen LogP contribution >= 0.6 is 0 Å². The van der Waals surface area contributed by atoms with Crippen molar-refractivity contribution in [2.24, 2.45) is 11.5 Å². The third-order valence-corrected chi connectivity index (χ3v) is 3.02. The minimum absolute atomic E-state index is 0.269. The number of hydrogen-bond acceptors (Lipinski definition) is 3. The molecule has 0 bridgehead atoms. The number of hydrogen-bond donors (Lipinski definition) is 3. The SMILES string of the molecule is N=CC(=C\N)/C=C/c1ccc2c(c1)CC(N)C2. The second kappa shape index (κ2) is 4.97. The summed E-state index contributed by atoms with van der Waals surface area (Å²) in [5, 5.41) is 7.13. The van der Waals surface area contributed by atoms with Crippen molar-refractivity contribution in [3.05, 3.63) is 52.7 Å². The predicted octanol–water partition coefficient (Wildman–Crippen LogP) is 1.62. The minimum Gasteiger partial charge on any atom is -0.404 e. The van der Waals surface area contributed by atoms with Gasteiger partial charge in [-0.1, -0.05) is 30.4 Å². The Labute approximate surface area is 101 Å². The molecular weight excluding hydrogens is 210 g/mol. The lowest BCUT2D eigenvalue weighted by Crippen LogP contribution is -2.18. The molecule has 1 aliphatic rings. The van der Waals surface area contributed by atoms with Gasteiger partial charge in [0, 0.05) is 24.0 Å². The van der Waals surface area contributed by atoms with Gasteiger partial charge in [0.15, 0.2) is 0 Å². The standard InChI is InChI=1S/C14H17N3/c15-8-11(9-16)2-1-10-3-4-12-6-14(17)7-13(12)5-10/h1-5,8-9,14-15H,6-7,16-17H2/b2-1+,11-9-,15-8?. The Morgan fingerprint density at radius 1 is 1.29 bits per heavy atom. The molecule has 0 amide bonds. The van der Waals surface area contributed by atoms with Crippen molar-refractivity contribution in [2.75, 3.05) is 0 Å². The lowest BCUT2D eigenvalue weighted by atomic mass is 10.1. The molecule has 1 aromatic rings. The van der Waals surface area contributed by atoms with Crippen LogP contribution in [-0.2, 0) is 12.8 Å². The van der Waals surface area contributed by atoms with Crippen LogP contribution in [0.5, 0.6) is 0 Å². The van der Waals surface area contributed by atoms with Gasteiger partial charge in [0.1, 0.15) is 0 Å². The third-order valence-electron chi connectivity index (χ3n) is 3.02. The molecule has 1 atom stereocenters. The summed E-state index contributed by atoms with van der Waals surface area (Å²) in [6, 6.07) is 6.64. The Bertz CT molecular complexity index is 486. The molecule has 0 aliphatic heterocycles. The van der Waals surface area contributed by atoms with E-state index in [-0.39, 0.29) is 6.04 Å². The van der Waals surface area contributed by atoms with Gasteiger partial charge in [-0.2, -0.15) is 0 Å². The average Bonchev–Trinajstić information content (AvgIpc) is 2.69. The van der Waals surface area contributed by atoms with E-state index in [1.807, 2.05) is 12.2 Å². The Hall–Kier alpha value is -1.87. The number of rotatable bonds is 3. The number of allylic oxidation sites excluding steroid dienone is 2. The van der Waals surface area contributed by atoms with Gasteiger partial charge in [-0.15, -0.1) is 0 Å². The first-order valence-corrected chi connectivity index (χ1v) is 5.71. The summed E-state index contributed by atoms with van der Waals surface area (Å²) in [6.45, 7) is 0. The smallest absolute Gasteiger partial charge is 0.0264 e. The fourth-order valence-corrected chi connectivity index (χ4v) is 2.12. The van der Waals surface area contributed by atoms with E-state index in [9.17, 15) is 0 Å². The van der Waals surface area contributed by atoms with Crippen LogP contribution < -0.4 is 11.5 Å². The van der Waals surface area contributed by atoms with E-state index in [4.69, 9.17) is 16.9 Å². The first-order chi connectivity index (χ1) is 8.22. The maximum Gasteiger partial charge on any atom is 0.0264 e. The molecule has 17 heavy (non-hydrogen) atoms. The van der Waals surface area contributed by atoms with Crippen LogP contribution in [0.3, 0.4) is 0 Å². The first-order valence-electron chi connectivity index (χ1n) is 5.71. The molecule has 3 nitrogen and oxygen atoms in total. The van der Waals surface area contributed by atoms with Gasteiger partial charge in [-0.05, 0) is 29.5 Å². The molecule has 3 heteroatoms. The van der Waals surface area contributed by atoms with Gasteiger partial charge in [0.05, 0.1) is 0 Å². The normalized spacial score (nSPS) is 19.6. The quantitative estimate of drug-likeness (QED) is 0.542. The fourth-order valence-electron chi connectivity index (χ4n) is 2.12. The largest absolute Gasteiger partial charge is 0.404 e. The van der Waals surface area contributed by atoms with Crippen molar-refractivity contribution in [1.29, 1.82) is 5.41 Å². The van der Waals surface area contributed by atoms with Crippen molar-refractivity contribution in [3.63, 3.8) is 0 Å². The highest BCUT2D eigenvalue weighted by atomic mass is 14.6. The molecule has 0 radical (unpaired) electrons. The van der Waals surface area contributed by atoms with Gasteiger partial charge in [0.2, 0.25) is 0 Å². The van der Waals surface area contributed by atoms with E-state index >= 15 is 0 Å². The monoisotopic (exact) mass is 227 g/mol. The Balaban J connectivity index is 2.19. The number of nitrogens with two attached hydrogens (primary N) is 2. The summed E-state index contributed by atoms with van der Waals surface area (Å²) in [5.74, 6) is 0. The van der Waals surface area contributed by atoms with Crippen molar-refractivity contribution in [2.45, 2.75) is 18.9 Å². The lowest BCUT2D eigenvalue weighted by molar-refractivity contribution is 0.721. The van der Waals surface area contributed by atoms with Crippen LogP contribution in [0.15, 0.2) is 36.0 Å². The lowest BCUT2D eigenvalue weighted by Gasteiger charge is -2.00. The Kier molecular flexibility index (Phi) is 3.40. The molecule has 0 saturated carbocycles. The maximum atomic E-state index is 7.13. The van der Waals surface area contributed by atoms with Crippen molar-refractivity contribution in [1.82, 2.24) is 0 Å². The van der Waals surface area contributed by atoms with Crippen LogP contribution in [0.4, 0.5) is 0 Å². The van der Waals surface area contributed by atoms with Crippen LogP contribution in [-0.4, -0.2) is 12.3 Å². The van der Waals surface area contributed by atoms with Gasteiger partial charge in [0.25, 0.3) is 0 Å². The average molecular weight is 227 g/mol. The highest BCUT2D eigenvalue weighted by Gasteiger charge is 2.17.